The summed E-state index contributed by atoms with van der Waals surface area (Å²) >= 11 is 1.19. The van der Waals surface area contributed by atoms with Crippen LogP contribution in [0.4, 0.5) is 5.69 Å². The average Bonchev–Trinajstić information content (AvgIpc) is 3.14. The number of amides is 1. The molecule has 102 valence electrons. The van der Waals surface area contributed by atoms with E-state index in [0.717, 1.165) is 10.9 Å². The normalized spacial score (nSPS) is 11.0. The highest BCUT2D eigenvalue weighted by Gasteiger charge is 2.15. The molecule has 3 heterocycles. The van der Waals surface area contributed by atoms with Gasteiger partial charge in [0, 0.05) is 11.6 Å². The van der Waals surface area contributed by atoms with Crippen molar-refractivity contribution in [1.82, 2.24) is 19.0 Å². The average molecular weight is 295 g/mol. The monoisotopic (exact) mass is 295 g/mol. The van der Waals surface area contributed by atoms with Crippen molar-refractivity contribution in [2.45, 2.75) is 0 Å². The number of pyridine rings is 1. The molecule has 0 saturated heterocycles. The smallest absolute Gasteiger partial charge is 0.268 e. The molecule has 0 fully saturated rings. The Morgan fingerprint density at radius 3 is 3.05 bits per heavy atom. The van der Waals surface area contributed by atoms with E-state index < -0.39 is 0 Å². The zero-order chi connectivity index (χ0) is 14.2. The summed E-state index contributed by atoms with van der Waals surface area (Å²) in [6, 6.07) is 11.2. The summed E-state index contributed by atoms with van der Waals surface area (Å²) in [5, 5.41) is 11.6. The molecule has 1 amide bonds. The highest BCUT2D eigenvalue weighted by Crippen LogP contribution is 2.23. The van der Waals surface area contributed by atoms with Crippen molar-refractivity contribution in [3.63, 3.8) is 0 Å². The van der Waals surface area contributed by atoms with Crippen molar-refractivity contribution < 1.29 is 4.79 Å². The predicted molar refractivity (Wildman–Crippen MR) is 80.6 cm³/mol. The second-order valence-corrected chi connectivity index (χ2v) is 5.24. The second-order valence-electron chi connectivity index (χ2n) is 4.47. The number of anilines is 1. The van der Waals surface area contributed by atoms with E-state index in [0.29, 0.717) is 16.2 Å². The molecule has 0 radical (unpaired) electrons. The van der Waals surface area contributed by atoms with Crippen LogP contribution >= 0.6 is 11.5 Å². The van der Waals surface area contributed by atoms with Gasteiger partial charge in [0.1, 0.15) is 11.2 Å². The van der Waals surface area contributed by atoms with Crippen LogP contribution in [0.5, 0.6) is 0 Å². The first-order valence-electron chi connectivity index (χ1n) is 6.27. The minimum atomic E-state index is -0.190. The van der Waals surface area contributed by atoms with Gasteiger partial charge in [-0.3, -0.25) is 9.20 Å². The van der Waals surface area contributed by atoms with Crippen molar-refractivity contribution in [2.75, 3.05) is 5.32 Å². The first kappa shape index (κ1) is 12.0. The van der Waals surface area contributed by atoms with E-state index in [1.54, 1.807) is 16.8 Å². The lowest BCUT2D eigenvalue weighted by Gasteiger charge is -2.04. The van der Waals surface area contributed by atoms with E-state index in [-0.39, 0.29) is 5.91 Å². The van der Waals surface area contributed by atoms with Crippen molar-refractivity contribution in [3.05, 3.63) is 53.8 Å². The van der Waals surface area contributed by atoms with Gasteiger partial charge in [-0.05, 0) is 29.7 Å². The molecule has 7 heteroatoms. The zero-order valence-electron chi connectivity index (χ0n) is 10.7. The summed E-state index contributed by atoms with van der Waals surface area (Å²) in [5.74, 6) is -0.190. The molecule has 21 heavy (non-hydrogen) atoms. The fourth-order valence-corrected chi connectivity index (χ4v) is 2.93. The first-order chi connectivity index (χ1) is 10.3. The largest absolute Gasteiger partial charge is 0.318 e. The van der Waals surface area contributed by atoms with Crippen LogP contribution in [0.3, 0.4) is 0 Å². The zero-order valence-corrected chi connectivity index (χ0v) is 11.5. The summed E-state index contributed by atoms with van der Waals surface area (Å²) < 4.78 is 6.03. The number of carbonyl (C=O) groups is 1. The number of hydrogen-bond acceptors (Lipinski definition) is 5. The lowest BCUT2D eigenvalue weighted by atomic mass is 10.2. The molecule has 0 spiro atoms. The Kier molecular flexibility index (Phi) is 2.65. The molecule has 1 aromatic carbocycles. The predicted octanol–water partition coefficient (Wildman–Crippen LogP) is 2.59. The summed E-state index contributed by atoms with van der Waals surface area (Å²) in [6.45, 7) is 0. The molecule has 3 aromatic heterocycles. The molecule has 1 N–H and O–H groups in total. The lowest BCUT2D eigenvalue weighted by molar-refractivity contribution is 0.103. The highest BCUT2D eigenvalue weighted by molar-refractivity contribution is 7.09. The van der Waals surface area contributed by atoms with Crippen molar-refractivity contribution in [2.24, 2.45) is 0 Å². The molecule has 6 nitrogen and oxygen atoms in total. The molecule has 0 saturated carbocycles. The van der Waals surface area contributed by atoms with Crippen LogP contribution in [-0.4, -0.2) is 24.9 Å². The molecule has 4 rings (SSSR count). The van der Waals surface area contributed by atoms with Gasteiger partial charge in [0.15, 0.2) is 5.65 Å². The SMILES string of the molecule is O=C(Nc1cccn2cnnc12)c1snc2ccccc12. The first-order valence-corrected chi connectivity index (χ1v) is 7.04. The number of rotatable bonds is 2. The van der Waals surface area contributed by atoms with Gasteiger partial charge in [0.05, 0.1) is 11.2 Å². The molecule has 0 atom stereocenters. The molecule has 4 aromatic rings. The van der Waals surface area contributed by atoms with Gasteiger partial charge in [-0.1, -0.05) is 18.2 Å². The van der Waals surface area contributed by atoms with E-state index >= 15 is 0 Å². The van der Waals surface area contributed by atoms with Gasteiger partial charge in [-0.2, -0.15) is 4.37 Å². The fourth-order valence-electron chi connectivity index (χ4n) is 2.18. The van der Waals surface area contributed by atoms with Gasteiger partial charge < -0.3 is 5.32 Å². The maximum atomic E-state index is 12.5. The number of nitrogens with zero attached hydrogens (tertiary/aromatic N) is 4. The van der Waals surface area contributed by atoms with Gasteiger partial charge in [-0.15, -0.1) is 10.2 Å². The number of nitrogens with one attached hydrogen (secondary N) is 1. The lowest BCUT2D eigenvalue weighted by Crippen LogP contribution is -2.11. The number of aromatic nitrogens is 4. The summed E-state index contributed by atoms with van der Waals surface area (Å²) in [7, 11) is 0. The molecular weight excluding hydrogens is 286 g/mol. The Morgan fingerprint density at radius 2 is 2.10 bits per heavy atom. The van der Waals surface area contributed by atoms with Crippen LogP contribution in [0.15, 0.2) is 48.9 Å². The van der Waals surface area contributed by atoms with Crippen LogP contribution in [0, 0.1) is 0 Å². The van der Waals surface area contributed by atoms with Crippen LogP contribution in [-0.2, 0) is 0 Å². The third kappa shape index (κ3) is 1.95. The highest BCUT2D eigenvalue weighted by atomic mass is 32.1. The summed E-state index contributed by atoms with van der Waals surface area (Å²) in [5.41, 5.74) is 2.06. The van der Waals surface area contributed by atoms with Gasteiger partial charge in [0.25, 0.3) is 5.91 Å². The van der Waals surface area contributed by atoms with E-state index in [9.17, 15) is 4.79 Å². The van der Waals surface area contributed by atoms with E-state index in [2.05, 4.69) is 19.9 Å². The third-order valence-electron chi connectivity index (χ3n) is 3.16. The van der Waals surface area contributed by atoms with Crippen LogP contribution < -0.4 is 5.32 Å². The molecule has 0 aliphatic carbocycles. The Balaban J connectivity index is 1.74. The molecule has 0 aliphatic heterocycles. The van der Waals surface area contributed by atoms with Gasteiger partial charge in [-0.25, -0.2) is 0 Å². The van der Waals surface area contributed by atoms with E-state index in [1.807, 2.05) is 36.5 Å². The Bertz CT molecular complexity index is 958. The van der Waals surface area contributed by atoms with Crippen molar-refractivity contribution >= 4 is 39.7 Å². The molecule has 0 unspecified atom stereocenters. The maximum Gasteiger partial charge on any atom is 0.268 e. The van der Waals surface area contributed by atoms with Crippen LogP contribution in [0.25, 0.3) is 16.6 Å². The van der Waals surface area contributed by atoms with E-state index in [4.69, 9.17) is 0 Å². The summed E-state index contributed by atoms with van der Waals surface area (Å²) in [4.78, 5) is 13.0. The molecule has 0 aliphatic rings. The molecule has 0 bridgehead atoms. The van der Waals surface area contributed by atoms with Crippen LogP contribution in [0.1, 0.15) is 9.67 Å². The summed E-state index contributed by atoms with van der Waals surface area (Å²) in [6.07, 6.45) is 3.42. The molecular formula is C14H9N5OS. The quantitative estimate of drug-likeness (QED) is 0.617. The Labute approximate surface area is 123 Å². The number of fused-ring (bicyclic) bond motifs is 2. The minimum Gasteiger partial charge on any atom is -0.318 e. The minimum absolute atomic E-state index is 0.190. The van der Waals surface area contributed by atoms with Crippen molar-refractivity contribution in [1.29, 1.82) is 0 Å². The van der Waals surface area contributed by atoms with Gasteiger partial charge >= 0.3 is 0 Å². The Hall–Kier alpha value is -2.80. The topological polar surface area (TPSA) is 72.2 Å². The number of hydrogen-bond donors (Lipinski definition) is 1. The fraction of sp³-hybridized carbons (Fsp3) is 0. The number of benzene rings is 1. The van der Waals surface area contributed by atoms with E-state index in [1.165, 1.54) is 11.5 Å². The maximum absolute atomic E-state index is 12.5. The van der Waals surface area contributed by atoms with Crippen LogP contribution in [0.2, 0.25) is 0 Å². The number of carbonyl (C=O) groups excluding carboxylic acids is 1. The Morgan fingerprint density at radius 1 is 1.19 bits per heavy atom. The second kappa shape index (κ2) is 4.64. The third-order valence-corrected chi connectivity index (χ3v) is 4.04. The standard InChI is InChI=1S/C14H9N5OS/c20-14(12-9-4-1-2-5-10(9)18-21-12)16-11-6-3-7-19-8-15-17-13(11)19/h1-8H,(H,16,20). The van der Waals surface area contributed by atoms with Crippen molar-refractivity contribution in [3.8, 4) is 0 Å². The van der Waals surface area contributed by atoms with Gasteiger partial charge in [0.2, 0.25) is 0 Å².